The molecule has 2 aromatic rings. The van der Waals surface area contributed by atoms with Crippen molar-refractivity contribution in [1.82, 2.24) is 15.2 Å². The third kappa shape index (κ3) is 2.57. The van der Waals surface area contributed by atoms with Gasteiger partial charge in [0.15, 0.2) is 0 Å². The summed E-state index contributed by atoms with van der Waals surface area (Å²) < 4.78 is 0. The van der Waals surface area contributed by atoms with Gasteiger partial charge < -0.3 is 5.11 Å². The van der Waals surface area contributed by atoms with Gasteiger partial charge in [-0.1, -0.05) is 6.07 Å². The van der Waals surface area contributed by atoms with Crippen LogP contribution in [0, 0.1) is 0 Å². The maximum Gasteiger partial charge on any atom is 0.0861 e. The molecular weight excluding hydrogens is 190 g/mol. The van der Waals surface area contributed by atoms with E-state index in [-0.39, 0.29) is 0 Å². The summed E-state index contributed by atoms with van der Waals surface area (Å²) >= 11 is 0. The molecule has 0 radical (unpaired) electrons. The van der Waals surface area contributed by atoms with Crippen LogP contribution in [0.1, 0.15) is 17.4 Å². The predicted molar refractivity (Wildman–Crippen MR) is 54.9 cm³/mol. The molecule has 0 aliphatic carbocycles. The fourth-order valence-corrected chi connectivity index (χ4v) is 1.33. The van der Waals surface area contributed by atoms with E-state index < -0.39 is 6.10 Å². The van der Waals surface area contributed by atoms with Crippen molar-refractivity contribution in [2.45, 2.75) is 12.5 Å². The fraction of sp³-hybridized carbons (Fsp3) is 0.182. The molecule has 0 spiro atoms. The molecule has 0 aliphatic heterocycles. The van der Waals surface area contributed by atoms with E-state index >= 15 is 0 Å². The molecule has 2 heterocycles. The van der Waals surface area contributed by atoms with Crippen LogP contribution in [0.4, 0.5) is 0 Å². The smallest absolute Gasteiger partial charge is 0.0861 e. The Kier molecular flexibility index (Phi) is 2.99. The van der Waals surface area contributed by atoms with Gasteiger partial charge in [-0.3, -0.25) is 4.98 Å². The monoisotopic (exact) mass is 201 g/mol. The van der Waals surface area contributed by atoms with E-state index in [0.29, 0.717) is 6.42 Å². The average Bonchev–Trinajstić information content (AvgIpc) is 2.31. The van der Waals surface area contributed by atoms with Gasteiger partial charge in [0.1, 0.15) is 0 Å². The van der Waals surface area contributed by atoms with Crippen LogP contribution in [0.25, 0.3) is 0 Å². The highest BCUT2D eigenvalue weighted by atomic mass is 16.3. The minimum absolute atomic E-state index is 0.493. The fourth-order valence-electron chi connectivity index (χ4n) is 1.33. The average molecular weight is 201 g/mol. The van der Waals surface area contributed by atoms with Crippen LogP contribution in [-0.4, -0.2) is 20.3 Å². The summed E-state index contributed by atoms with van der Waals surface area (Å²) in [6, 6.07) is 7.39. The standard InChI is InChI=1S/C11H11N3O/c15-11(9-4-6-13-14-8-9)7-10-3-1-2-5-12-10/h1-6,8,11,15H,7H2. The second-order valence-electron chi connectivity index (χ2n) is 3.22. The van der Waals surface area contributed by atoms with Gasteiger partial charge in [0.05, 0.1) is 12.3 Å². The summed E-state index contributed by atoms with van der Waals surface area (Å²) in [5.74, 6) is 0. The van der Waals surface area contributed by atoms with Crippen molar-refractivity contribution in [1.29, 1.82) is 0 Å². The molecule has 15 heavy (non-hydrogen) atoms. The van der Waals surface area contributed by atoms with Gasteiger partial charge in [0, 0.05) is 30.1 Å². The number of nitrogens with zero attached hydrogens (tertiary/aromatic N) is 3. The molecule has 0 saturated carbocycles. The first-order valence-corrected chi connectivity index (χ1v) is 4.71. The molecule has 1 unspecified atom stereocenters. The molecule has 0 fully saturated rings. The third-order valence-corrected chi connectivity index (χ3v) is 2.12. The van der Waals surface area contributed by atoms with Gasteiger partial charge in [-0.15, -0.1) is 0 Å². The zero-order chi connectivity index (χ0) is 10.5. The second kappa shape index (κ2) is 4.61. The Bertz CT molecular complexity index is 405. The topological polar surface area (TPSA) is 58.9 Å². The largest absolute Gasteiger partial charge is 0.388 e. The van der Waals surface area contributed by atoms with Crippen molar-refractivity contribution >= 4 is 0 Å². The maximum absolute atomic E-state index is 9.87. The van der Waals surface area contributed by atoms with Gasteiger partial charge in [-0.25, -0.2) is 0 Å². The van der Waals surface area contributed by atoms with Crippen LogP contribution in [-0.2, 0) is 6.42 Å². The van der Waals surface area contributed by atoms with Gasteiger partial charge >= 0.3 is 0 Å². The molecule has 1 atom stereocenters. The molecule has 4 heteroatoms. The predicted octanol–water partition coefficient (Wildman–Crippen LogP) is 1.15. The lowest BCUT2D eigenvalue weighted by Gasteiger charge is -2.08. The van der Waals surface area contributed by atoms with Gasteiger partial charge in [0.25, 0.3) is 0 Å². The Hall–Kier alpha value is -1.81. The number of hydrogen-bond donors (Lipinski definition) is 1. The molecule has 4 nitrogen and oxygen atoms in total. The van der Waals surface area contributed by atoms with Crippen molar-refractivity contribution in [3.05, 3.63) is 54.1 Å². The quantitative estimate of drug-likeness (QED) is 0.809. The van der Waals surface area contributed by atoms with Crippen LogP contribution in [0.5, 0.6) is 0 Å². The van der Waals surface area contributed by atoms with Crippen LogP contribution in [0.3, 0.4) is 0 Å². The zero-order valence-corrected chi connectivity index (χ0v) is 8.11. The highest BCUT2D eigenvalue weighted by Gasteiger charge is 2.08. The molecular formula is C11H11N3O. The number of pyridine rings is 1. The maximum atomic E-state index is 9.87. The molecule has 2 aromatic heterocycles. The highest BCUT2D eigenvalue weighted by molar-refractivity contribution is 5.13. The van der Waals surface area contributed by atoms with Crippen LogP contribution in [0.2, 0.25) is 0 Å². The zero-order valence-electron chi connectivity index (χ0n) is 8.11. The summed E-state index contributed by atoms with van der Waals surface area (Å²) in [7, 11) is 0. The first kappa shape index (κ1) is 9.73. The minimum Gasteiger partial charge on any atom is -0.388 e. The summed E-state index contributed by atoms with van der Waals surface area (Å²) in [6.07, 6.45) is 4.76. The number of aliphatic hydroxyl groups is 1. The van der Waals surface area contributed by atoms with E-state index in [1.165, 1.54) is 0 Å². The van der Waals surface area contributed by atoms with Crippen LogP contribution >= 0.6 is 0 Å². The summed E-state index contributed by atoms with van der Waals surface area (Å²) in [5.41, 5.74) is 1.62. The Morgan fingerprint density at radius 2 is 2.07 bits per heavy atom. The lowest BCUT2D eigenvalue weighted by molar-refractivity contribution is 0.176. The number of aromatic nitrogens is 3. The summed E-state index contributed by atoms with van der Waals surface area (Å²) in [6.45, 7) is 0. The first-order valence-electron chi connectivity index (χ1n) is 4.71. The van der Waals surface area contributed by atoms with Crippen molar-refractivity contribution in [3.63, 3.8) is 0 Å². The van der Waals surface area contributed by atoms with Crippen molar-refractivity contribution in [3.8, 4) is 0 Å². The van der Waals surface area contributed by atoms with E-state index in [1.54, 1.807) is 24.7 Å². The number of hydrogen-bond acceptors (Lipinski definition) is 4. The SMILES string of the molecule is OC(Cc1ccccn1)c1ccnnc1. The molecule has 1 N–H and O–H groups in total. The highest BCUT2D eigenvalue weighted by Crippen LogP contribution is 2.14. The molecule has 0 bridgehead atoms. The van der Waals surface area contributed by atoms with Crippen molar-refractivity contribution < 1.29 is 5.11 Å². The lowest BCUT2D eigenvalue weighted by atomic mass is 10.1. The molecule has 2 rings (SSSR count). The van der Waals surface area contributed by atoms with Crippen molar-refractivity contribution in [2.75, 3.05) is 0 Å². The van der Waals surface area contributed by atoms with Gasteiger partial charge in [-0.05, 0) is 18.2 Å². The summed E-state index contributed by atoms with van der Waals surface area (Å²) in [5, 5.41) is 17.2. The Morgan fingerprint density at radius 1 is 1.13 bits per heavy atom. The van der Waals surface area contributed by atoms with E-state index in [9.17, 15) is 5.11 Å². The molecule has 0 aliphatic rings. The molecule has 0 aromatic carbocycles. The number of rotatable bonds is 3. The third-order valence-electron chi connectivity index (χ3n) is 2.12. The van der Waals surface area contributed by atoms with E-state index in [1.807, 2.05) is 18.2 Å². The van der Waals surface area contributed by atoms with E-state index in [4.69, 9.17) is 0 Å². The summed E-state index contributed by atoms with van der Waals surface area (Å²) in [4.78, 5) is 4.15. The van der Waals surface area contributed by atoms with Crippen LogP contribution in [0.15, 0.2) is 42.9 Å². The van der Waals surface area contributed by atoms with Gasteiger partial charge in [0.2, 0.25) is 0 Å². The molecule has 0 amide bonds. The Morgan fingerprint density at radius 3 is 2.73 bits per heavy atom. The van der Waals surface area contributed by atoms with Gasteiger partial charge in [-0.2, -0.15) is 10.2 Å². The van der Waals surface area contributed by atoms with E-state index in [2.05, 4.69) is 15.2 Å². The number of aliphatic hydroxyl groups excluding tert-OH is 1. The van der Waals surface area contributed by atoms with Crippen molar-refractivity contribution in [2.24, 2.45) is 0 Å². The second-order valence-corrected chi connectivity index (χ2v) is 3.22. The Labute approximate surface area is 87.6 Å². The normalized spacial score (nSPS) is 12.3. The lowest BCUT2D eigenvalue weighted by Crippen LogP contribution is -2.03. The first-order chi connectivity index (χ1) is 7.36. The molecule has 0 saturated heterocycles. The molecule has 76 valence electrons. The van der Waals surface area contributed by atoms with Crippen LogP contribution < -0.4 is 0 Å². The Balaban J connectivity index is 2.08. The van der Waals surface area contributed by atoms with E-state index in [0.717, 1.165) is 11.3 Å². The minimum atomic E-state index is -0.574.